The van der Waals surface area contributed by atoms with E-state index in [9.17, 15) is 14.7 Å². The van der Waals surface area contributed by atoms with Crippen LogP contribution < -0.4 is 5.11 Å². The number of carbonyl (C=O) groups is 2. The molecule has 0 saturated carbocycles. The van der Waals surface area contributed by atoms with E-state index in [1.165, 1.54) is 6.08 Å². The summed E-state index contributed by atoms with van der Waals surface area (Å²) in [5.74, 6) is -1.54. The molecule has 0 aliphatic rings. The van der Waals surface area contributed by atoms with Crippen molar-refractivity contribution < 1.29 is 14.7 Å². The summed E-state index contributed by atoms with van der Waals surface area (Å²) in [4.78, 5) is 25.9. The van der Waals surface area contributed by atoms with Crippen LogP contribution >= 0.6 is 0 Å². The van der Waals surface area contributed by atoms with Gasteiger partial charge in [0.15, 0.2) is 5.78 Å². The molecule has 1 aromatic heterocycles. The Morgan fingerprint density at radius 3 is 2.24 bits per heavy atom. The maximum absolute atomic E-state index is 12.2. The predicted octanol–water partition coefficient (Wildman–Crippen LogP) is 2.20. The van der Waals surface area contributed by atoms with E-state index in [4.69, 9.17) is 0 Å². The molecule has 0 radical (unpaired) electrons. The molecule has 21 heavy (non-hydrogen) atoms. The maximum atomic E-state index is 12.2. The number of aryl methyl sites for hydroxylation is 2. The van der Waals surface area contributed by atoms with Gasteiger partial charge in [-0.1, -0.05) is 35.9 Å². The van der Waals surface area contributed by atoms with Gasteiger partial charge in [0.05, 0.1) is 11.7 Å². The van der Waals surface area contributed by atoms with Crippen LogP contribution in [-0.2, 0) is 0 Å². The fourth-order valence-electron chi connectivity index (χ4n) is 2.26. The van der Waals surface area contributed by atoms with Crippen molar-refractivity contribution in [2.75, 3.05) is 0 Å². The van der Waals surface area contributed by atoms with Gasteiger partial charge in [-0.25, -0.2) is 0 Å². The van der Waals surface area contributed by atoms with Crippen LogP contribution in [0.4, 0.5) is 0 Å². The molecule has 0 atom stereocenters. The van der Waals surface area contributed by atoms with Gasteiger partial charge in [0.25, 0.3) is 0 Å². The highest BCUT2D eigenvalue weighted by Crippen LogP contribution is 2.19. The molecule has 1 N–H and O–H groups in total. The summed E-state index contributed by atoms with van der Waals surface area (Å²) >= 11 is 0. The van der Waals surface area contributed by atoms with Crippen molar-refractivity contribution in [2.24, 2.45) is 0 Å². The summed E-state index contributed by atoms with van der Waals surface area (Å²) in [5.41, 5.74) is 3.35. The Morgan fingerprint density at radius 1 is 1.10 bits per heavy atom. The van der Waals surface area contributed by atoms with E-state index < -0.39 is 5.97 Å². The van der Waals surface area contributed by atoms with Crippen LogP contribution in [0.3, 0.4) is 0 Å². The highest BCUT2D eigenvalue weighted by molar-refractivity contribution is 6.10. The van der Waals surface area contributed by atoms with E-state index in [0.717, 1.165) is 11.1 Å². The standard InChI is InChI=1S/C17H17NO3/c1-10-4-6-13(7-5-10)8-9-14(19)15-11(2)16(17(20)21)18-12(15)3/h4-9,18H,1-3H3,(H,20,21)/p-1/b9-8+. The number of aromatic nitrogens is 1. The molecule has 108 valence electrons. The lowest BCUT2D eigenvalue weighted by molar-refractivity contribution is -0.255. The van der Waals surface area contributed by atoms with Gasteiger partial charge in [-0.2, -0.15) is 0 Å². The van der Waals surface area contributed by atoms with Crippen molar-refractivity contribution in [3.8, 4) is 0 Å². The molecule has 0 amide bonds. The topological polar surface area (TPSA) is 73.0 Å². The van der Waals surface area contributed by atoms with Crippen molar-refractivity contribution in [3.63, 3.8) is 0 Å². The van der Waals surface area contributed by atoms with Gasteiger partial charge in [-0.05, 0) is 38.0 Å². The molecule has 0 aliphatic heterocycles. The first-order valence-corrected chi connectivity index (χ1v) is 6.59. The molecule has 4 heteroatoms. The second-order valence-electron chi connectivity index (χ2n) is 5.02. The van der Waals surface area contributed by atoms with Crippen LogP contribution in [0.2, 0.25) is 0 Å². The van der Waals surface area contributed by atoms with Gasteiger partial charge >= 0.3 is 0 Å². The van der Waals surface area contributed by atoms with E-state index in [-0.39, 0.29) is 11.5 Å². The Morgan fingerprint density at radius 2 is 1.71 bits per heavy atom. The van der Waals surface area contributed by atoms with Crippen LogP contribution in [0, 0.1) is 20.8 Å². The third-order valence-electron chi connectivity index (χ3n) is 3.39. The Kier molecular flexibility index (Phi) is 4.08. The molecule has 1 aromatic carbocycles. The first kappa shape index (κ1) is 14.8. The van der Waals surface area contributed by atoms with E-state index in [1.54, 1.807) is 19.9 Å². The third kappa shape index (κ3) is 3.11. The van der Waals surface area contributed by atoms with E-state index in [0.29, 0.717) is 16.8 Å². The number of rotatable bonds is 4. The normalized spacial score (nSPS) is 11.0. The zero-order valence-electron chi connectivity index (χ0n) is 12.2. The fourth-order valence-corrected chi connectivity index (χ4v) is 2.26. The average molecular weight is 282 g/mol. The first-order valence-electron chi connectivity index (χ1n) is 6.59. The molecule has 0 aliphatic carbocycles. The molecule has 0 unspecified atom stereocenters. The zero-order chi connectivity index (χ0) is 15.6. The maximum Gasteiger partial charge on any atom is 0.187 e. The molecular weight excluding hydrogens is 266 g/mol. The summed E-state index contributed by atoms with van der Waals surface area (Å²) in [7, 11) is 0. The summed E-state index contributed by atoms with van der Waals surface area (Å²) < 4.78 is 0. The van der Waals surface area contributed by atoms with Crippen LogP contribution in [0.5, 0.6) is 0 Å². The number of aromatic amines is 1. The molecule has 2 rings (SSSR count). The van der Waals surface area contributed by atoms with Gasteiger partial charge in [0.2, 0.25) is 0 Å². The minimum Gasteiger partial charge on any atom is -0.543 e. The smallest absolute Gasteiger partial charge is 0.187 e. The second kappa shape index (κ2) is 5.79. The number of carboxylic acids is 1. The highest BCUT2D eigenvalue weighted by Gasteiger charge is 2.16. The number of hydrogen-bond acceptors (Lipinski definition) is 3. The minimum atomic E-state index is -1.31. The first-order chi connectivity index (χ1) is 9.90. The number of benzene rings is 1. The molecule has 4 nitrogen and oxygen atoms in total. The second-order valence-corrected chi connectivity index (χ2v) is 5.02. The SMILES string of the molecule is Cc1ccc(/C=C/C(=O)c2c(C)[nH]c(C(=O)[O-])c2C)cc1. The number of aromatic carboxylic acids is 1. The highest BCUT2D eigenvalue weighted by atomic mass is 16.4. The largest absolute Gasteiger partial charge is 0.543 e. The summed E-state index contributed by atoms with van der Waals surface area (Å²) in [6.07, 6.45) is 3.17. The van der Waals surface area contributed by atoms with Gasteiger partial charge in [-0.15, -0.1) is 0 Å². The van der Waals surface area contributed by atoms with Gasteiger partial charge in [-0.3, -0.25) is 4.79 Å². The molecule has 1 heterocycles. The number of allylic oxidation sites excluding steroid dienone is 1. The van der Waals surface area contributed by atoms with Crippen molar-refractivity contribution in [3.05, 3.63) is 64.0 Å². The number of carbonyl (C=O) groups excluding carboxylic acids is 2. The third-order valence-corrected chi connectivity index (χ3v) is 3.39. The van der Waals surface area contributed by atoms with E-state index in [2.05, 4.69) is 4.98 Å². The number of H-pyrrole nitrogens is 1. The molecule has 0 saturated heterocycles. The molecule has 0 bridgehead atoms. The average Bonchev–Trinajstić information content (AvgIpc) is 2.73. The minimum absolute atomic E-state index is 0.0421. The molecule has 0 fully saturated rings. The van der Waals surface area contributed by atoms with E-state index >= 15 is 0 Å². The van der Waals surface area contributed by atoms with Gasteiger partial charge in [0.1, 0.15) is 0 Å². The number of carboxylic acid groups (broad SMARTS) is 1. The zero-order valence-corrected chi connectivity index (χ0v) is 12.2. The van der Waals surface area contributed by atoms with E-state index in [1.807, 2.05) is 31.2 Å². The number of hydrogen-bond donors (Lipinski definition) is 1. The molecule has 0 spiro atoms. The van der Waals surface area contributed by atoms with Crippen LogP contribution in [0.15, 0.2) is 30.3 Å². The molecule has 2 aromatic rings. The Labute approximate surface area is 123 Å². The number of nitrogens with one attached hydrogen (secondary N) is 1. The van der Waals surface area contributed by atoms with Crippen molar-refractivity contribution in [1.29, 1.82) is 0 Å². The van der Waals surface area contributed by atoms with Crippen molar-refractivity contribution in [2.45, 2.75) is 20.8 Å². The van der Waals surface area contributed by atoms with Gasteiger partial charge in [0, 0.05) is 11.3 Å². The lowest BCUT2D eigenvalue weighted by Crippen LogP contribution is -2.23. The van der Waals surface area contributed by atoms with Crippen LogP contribution in [0.1, 0.15) is 43.2 Å². The summed E-state index contributed by atoms with van der Waals surface area (Å²) in [6.45, 7) is 5.26. The van der Waals surface area contributed by atoms with Crippen molar-refractivity contribution >= 4 is 17.8 Å². The molecular formula is C17H16NO3-. The number of ketones is 1. The van der Waals surface area contributed by atoms with Crippen LogP contribution in [-0.4, -0.2) is 16.7 Å². The predicted molar refractivity (Wildman–Crippen MR) is 79.1 cm³/mol. The Balaban J connectivity index is 2.29. The Hall–Kier alpha value is -2.62. The lowest BCUT2D eigenvalue weighted by atomic mass is 10.0. The Bertz CT molecular complexity index is 721. The monoisotopic (exact) mass is 282 g/mol. The lowest BCUT2D eigenvalue weighted by Gasteiger charge is -2.00. The van der Waals surface area contributed by atoms with Crippen LogP contribution in [0.25, 0.3) is 6.08 Å². The summed E-state index contributed by atoms with van der Waals surface area (Å²) in [6, 6.07) is 7.77. The quantitative estimate of drug-likeness (QED) is 0.690. The fraction of sp³-hybridized carbons (Fsp3) is 0.176. The van der Waals surface area contributed by atoms with Crippen molar-refractivity contribution in [1.82, 2.24) is 4.98 Å². The summed E-state index contributed by atoms with van der Waals surface area (Å²) in [5, 5.41) is 10.9. The van der Waals surface area contributed by atoms with Gasteiger partial charge < -0.3 is 14.9 Å².